The molecule has 0 spiro atoms. The molecule has 1 N–H and O–H groups in total. The van der Waals surface area contributed by atoms with E-state index < -0.39 is 0 Å². The molecule has 0 fully saturated rings. The molecule has 32 heavy (non-hydrogen) atoms. The molecule has 166 valence electrons. The molecule has 2 aromatic carbocycles. The third-order valence-electron chi connectivity index (χ3n) is 4.67. The van der Waals surface area contributed by atoms with E-state index >= 15 is 0 Å². The number of fused-ring (bicyclic) bond motifs is 1. The highest BCUT2D eigenvalue weighted by molar-refractivity contribution is 7.14. The number of anilines is 1. The van der Waals surface area contributed by atoms with Gasteiger partial charge in [0.2, 0.25) is 5.91 Å². The van der Waals surface area contributed by atoms with Gasteiger partial charge in [0.05, 0.1) is 38.1 Å². The lowest BCUT2D eigenvalue weighted by atomic mass is 10.1. The topological polar surface area (TPSA) is 78.9 Å². The van der Waals surface area contributed by atoms with Gasteiger partial charge in [-0.3, -0.25) is 10.1 Å². The van der Waals surface area contributed by atoms with E-state index in [9.17, 15) is 4.79 Å². The third-order valence-corrected chi connectivity index (χ3v) is 5.71. The van der Waals surface area contributed by atoms with E-state index in [0.717, 1.165) is 17.5 Å². The molecule has 0 saturated heterocycles. The van der Waals surface area contributed by atoms with E-state index in [1.165, 1.54) is 17.4 Å². The van der Waals surface area contributed by atoms with Crippen LogP contribution in [0.3, 0.4) is 0 Å². The van der Waals surface area contributed by atoms with Crippen molar-refractivity contribution in [3.63, 3.8) is 0 Å². The number of methoxy groups -OCH3 is 2. The van der Waals surface area contributed by atoms with Crippen LogP contribution in [-0.2, 0) is 4.79 Å². The van der Waals surface area contributed by atoms with Crippen LogP contribution in [-0.4, -0.2) is 38.3 Å². The summed E-state index contributed by atoms with van der Waals surface area (Å²) >= 11 is 7.62. The highest BCUT2D eigenvalue weighted by Gasteiger charge is 2.15. The second kappa shape index (κ2) is 9.93. The number of hydrogen-bond donors (Lipinski definition) is 1. The zero-order chi connectivity index (χ0) is 22.5. The zero-order valence-electron chi connectivity index (χ0n) is 17.5. The van der Waals surface area contributed by atoms with Crippen LogP contribution in [0.1, 0.15) is 12.0 Å². The lowest BCUT2D eigenvalue weighted by Gasteiger charge is -2.09. The highest BCUT2D eigenvalue weighted by Crippen LogP contribution is 2.38. The summed E-state index contributed by atoms with van der Waals surface area (Å²) in [7, 11) is 3.19. The Kier molecular flexibility index (Phi) is 6.82. The van der Waals surface area contributed by atoms with Gasteiger partial charge in [0.25, 0.3) is 0 Å². The smallest absolute Gasteiger partial charge is 0.250 e. The highest BCUT2D eigenvalue weighted by atomic mass is 35.5. The number of halogens is 1. The first-order chi connectivity index (χ1) is 15.6. The van der Waals surface area contributed by atoms with Crippen molar-refractivity contribution in [2.45, 2.75) is 6.42 Å². The van der Waals surface area contributed by atoms with E-state index in [0.29, 0.717) is 52.1 Å². The summed E-state index contributed by atoms with van der Waals surface area (Å²) < 4.78 is 22.0. The Labute approximate surface area is 194 Å². The standard InChI is InChI=1S/C23H21ClN2O5S/c1-28-15-5-6-19(29-2)16(12-15)18-13-32-23(25-18)26-21(27)7-4-14-10-17(24)22-20(11-14)30-8-3-9-31-22/h4-7,10-13H,3,8-9H2,1-2H3,(H,25,26,27)/b7-4+. The van der Waals surface area contributed by atoms with Gasteiger partial charge in [0.1, 0.15) is 11.5 Å². The fourth-order valence-electron chi connectivity index (χ4n) is 3.14. The molecular formula is C23H21ClN2O5S. The molecule has 0 unspecified atom stereocenters. The Morgan fingerprint density at radius 2 is 2.03 bits per heavy atom. The molecule has 0 radical (unpaired) electrons. The molecule has 3 aromatic rings. The number of amides is 1. The number of rotatable bonds is 6. The number of hydrogen-bond acceptors (Lipinski definition) is 7. The van der Waals surface area contributed by atoms with Gasteiger partial charge in [-0.05, 0) is 42.0 Å². The Morgan fingerprint density at radius 1 is 1.19 bits per heavy atom. The summed E-state index contributed by atoms with van der Waals surface area (Å²) in [5.41, 5.74) is 2.19. The average Bonchev–Trinajstić information content (AvgIpc) is 3.12. The molecule has 1 aromatic heterocycles. The SMILES string of the molecule is COc1ccc(OC)c(-c2csc(NC(=O)/C=C/c3cc(Cl)c4c(c3)OCCCO4)n2)c1. The van der Waals surface area contributed by atoms with Crippen LogP contribution in [0.4, 0.5) is 5.13 Å². The number of carbonyl (C=O) groups excluding carboxylic acids is 1. The van der Waals surface area contributed by atoms with E-state index in [-0.39, 0.29) is 5.91 Å². The quantitative estimate of drug-likeness (QED) is 0.491. The zero-order valence-corrected chi connectivity index (χ0v) is 19.1. The summed E-state index contributed by atoms with van der Waals surface area (Å²) in [6, 6.07) is 9.00. The molecule has 9 heteroatoms. The third kappa shape index (κ3) is 4.98. The fraction of sp³-hybridized carbons (Fsp3) is 0.217. The lowest BCUT2D eigenvalue weighted by Crippen LogP contribution is -2.07. The van der Waals surface area contributed by atoms with Crippen LogP contribution in [0, 0.1) is 0 Å². The molecule has 0 atom stereocenters. The van der Waals surface area contributed by atoms with E-state index in [2.05, 4.69) is 10.3 Å². The molecule has 1 amide bonds. The van der Waals surface area contributed by atoms with E-state index in [1.807, 2.05) is 23.6 Å². The number of nitrogens with one attached hydrogen (secondary N) is 1. The Morgan fingerprint density at radius 3 is 2.84 bits per heavy atom. The van der Waals surface area contributed by atoms with Crippen molar-refractivity contribution in [3.8, 4) is 34.3 Å². The van der Waals surface area contributed by atoms with E-state index in [1.54, 1.807) is 32.4 Å². The Balaban J connectivity index is 1.47. The molecule has 0 aliphatic carbocycles. The van der Waals surface area contributed by atoms with Crippen LogP contribution < -0.4 is 24.3 Å². The van der Waals surface area contributed by atoms with Gasteiger partial charge in [-0.25, -0.2) is 4.98 Å². The average molecular weight is 473 g/mol. The first-order valence-corrected chi connectivity index (χ1v) is 11.1. The van der Waals surface area contributed by atoms with Crippen molar-refractivity contribution in [1.29, 1.82) is 0 Å². The van der Waals surface area contributed by atoms with Gasteiger partial charge in [-0.15, -0.1) is 11.3 Å². The molecule has 1 aliphatic rings. The fourth-order valence-corrected chi connectivity index (χ4v) is 4.12. The van der Waals surface area contributed by atoms with Crippen LogP contribution in [0.5, 0.6) is 23.0 Å². The van der Waals surface area contributed by atoms with Gasteiger partial charge in [-0.1, -0.05) is 11.6 Å². The van der Waals surface area contributed by atoms with Gasteiger partial charge < -0.3 is 18.9 Å². The number of aromatic nitrogens is 1. The lowest BCUT2D eigenvalue weighted by molar-refractivity contribution is -0.111. The molecular weight excluding hydrogens is 452 g/mol. The number of benzene rings is 2. The maximum absolute atomic E-state index is 12.4. The molecule has 0 bridgehead atoms. The normalized spacial score (nSPS) is 13.0. The summed E-state index contributed by atoms with van der Waals surface area (Å²) in [5.74, 6) is 2.16. The molecule has 7 nitrogen and oxygen atoms in total. The monoisotopic (exact) mass is 472 g/mol. The number of ether oxygens (including phenoxy) is 4. The molecule has 1 aliphatic heterocycles. The van der Waals surface area contributed by atoms with Gasteiger partial charge in [-0.2, -0.15) is 0 Å². The molecule has 4 rings (SSSR count). The van der Waals surface area contributed by atoms with Crippen LogP contribution >= 0.6 is 22.9 Å². The van der Waals surface area contributed by atoms with Crippen LogP contribution in [0.25, 0.3) is 17.3 Å². The van der Waals surface area contributed by atoms with Crippen molar-refractivity contribution in [2.75, 3.05) is 32.8 Å². The van der Waals surface area contributed by atoms with Crippen LogP contribution in [0.15, 0.2) is 41.8 Å². The second-order valence-electron chi connectivity index (χ2n) is 6.81. The van der Waals surface area contributed by atoms with E-state index in [4.69, 9.17) is 30.5 Å². The van der Waals surface area contributed by atoms with Gasteiger partial charge in [0.15, 0.2) is 16.6 Å². The Bertz CT molecular complexity index is 1160. The molecule has 0 saturated carbocycles. The molecule has 2 heterocycles. The summed E-state index contributed by atoms with van der Waals surface area (Å²) in [4.78, 5) is 16.9. The maximum Gasteiger partial charge on any atom is 0.250 e. The van der Waals surface area contributed by atoms with Gasteiger partial charge in [0, 0.05) is 23.4 Å². The Hall–Kier alpha value is -3.23. The van der Waals surface area contributed by atoms with Crippen molar-refractivity contribution < 1.29 is 23.7 Å². The predicted molar refractivity (Wildman–Crippen MR) is 125 cm³/mol. The maximum atomic E-state index is 12.4. The minimum absolute atomic E-state index is 0.313. The minimum atomic E-state index is -0.313. The largest absolute Gasteiger partial charge is 0.497 e. The number of carbonyl (C=O) groups is 1. The minimum Gasteiger partial charge on any atom is -0.497 e. The summed E-state index contributed by atoms with van der Waals surface area (Å²) in [6.45, 7) is 1.11. The number of nitrogens with zero attached hydrogens (tertiary/aromatic N) is 1. The summed E-state index contributed by atoms with van der Waals surface area (Å²) in [6.07, 6.45) is 3.87. The first kappa shape index (κ1) is 22.0. The summed E-state index contributed by atoms with van der Waals surface area (Å²) in [5, 5.41) is 5.54. The van der Waals surface area contributed by atoms with Crippen molar-refractivity contribution in [2.24, 2.45) is 0 Å². The van der Waals surface area contributed by atoms with Crippen molar-refractivity contribution >= 4 is 40.1 Å². The van der Waals surface area contributed by atoms with Crippen molar-refractivity contribution in [3.05, 3.63) is 52.4 Å². The van der Waals surface area contributed by atoms with Crippen LogP contribution in [0.2, 0.25) is 5.02 Å². The predicted octanol–water partition coefficient (Wildman–Crippen LogP) is 5.29. The van der Waals surface area contributed by atoms with Crippen molar-refractivity contribution in [1.82, 2.24) is 4.98 Å². The van der Waals surface area contributed by atoms with Gasteiger partial charge >= 0.3 is 0 Å². The number of thiazole rings is 1. The first-order valence-electron chi connectivity index (χ1n) is 9.83. The second-order valence-corrected chi connectivity index (χ2v) is 8.07.